The molecule has 1 saturated carbocycles. The molecule has 1 aromatic heterocycles. The number of nitrogens with one attached hydrogen (secondary N) is 1. The highest BCUT2D eigenvalue weighted by atomic mass is 19.4. The second-order valence-electron chi connectivity index (χ2n) is 8.37. The van der Waals surface area contributed by atoms with Crippen molar-refractivity contribution in [1.82, 2.24) is 10.1 Å². The van der Waals surface area contributed by atoms with Crippen LogP contribution < -0.4 is 10.1 Å². The highest BCUT2D eigenvalue weighted by Gasteiger charge is 2.39. The van der Waals surface area contributed by atoms with Gasteiger partial charge in [-0.25, -0.2) is 0 Å². The van der Waals surface area contributed by atoms with Gasteiger partial charge in [-0.15, -0.1) is 13.2 Å². The third-order valence-corrected chi connectivity index (χ3v) is 5.92. The zero-order chi connectivity index (χ0) is 23.6. The molecule has 10 heteroatoms. The Bertz CT molecular complexity index is 1100. The van der Waals surface area contributed by atoms with Crippen LogP contribution in [0.4, 0.5) is 24.5 Å². The Balaban J connectivity index is 1.37. The van der Waals surface area contributed by atoms with Crippen molar-refractivity contribution in [3.8, 4) is 17.1 Å². The number of nitrogens with zero attached hydrogens (tertiary/aromatic N) is 2. The molecule has 7 nitrogen and oxygen atoms in total. The van der Waals surface area contributed by atoms with Crippen LogP contribution in [0.25, 0.3) is 11.4 Å². The zero-order valence-electron chi connectivity index (χ0n) is 17.7. The number of hydrogen-bond acceptors (Lipinski definition) is 6. The topological polar surface area (TPSA) is 97.5 Å². The van der Waals surface area contributed by atoms with Crippen LogP contribution in [0.5, 0.6) is 5.75 Å². The first-order chi connectivity index (χ1) is 15.6. The van der Waals surface area contributed by atoms with Crippen LogP contribution in [0.3, 0.4) is 0 Å². The van der Waals surface area contributed by atoms with Gasteiger partial charge < -0.3 is 19.7 Å². The number of alkyl halides is 3. The van der Waals surface area contributed by atoms with E-state index in [1.807, 2.05) is 0 Å². The standard InChI is InChI=1S/C23H22F3N3O4/c1-22(21(30)31)12-10-15(11-13-22)20-28-19(29-33-20)14-2-4-16(5-3-14)27-17-6-8-18(9-7-17)32-23(24,25)26/h2-9,15,27H,10-13H2,1H3,(H,30,31). The number of ether oxygens (including phenoxy) is 1. The fourth-order valence-electron chi connectivity index (χ4n) is 3.84. The van der Waals surface area contributed by atoms with Crippen molar-refractivity contribution in [2.75, 3.05) is 5.32 Å². The van der Waals surface area contributed by atoms with Crippen LogP contribution in [-0.2, 0) is 4.79 Å². The Hall–Kier alpha value is -3.56. The lowest BCUT2D eigenvalue weighted by atomic mass is 9.72. The van der Waals surface area contributed by atoms with Crippen LogP contribution in [0.2, 0.25) is 0 Å². The molecule has 3 aromatic rings. The van der Waals surface area contributed by atoms with Crippen molar-refractivity contribution in [2.45, 2.75) is 44.9 Å². The Morgan fingerprint density at radius 2 is 1.67 bits per heavy atom. The summed E-state index contributed by atoms with van der Waals surface area (Å²) in [5.74, 6) is -0.0604. The normalized spacial score (nSPS) is 20.9. The first kappa shape index (κ1) is 22.6. The number of hydrogen-bond donors (Lipinski definition) is 2. The van der Waals surface area contributed by atoms with Gasteiger partial charge in [-0.05, 0) is 81.1 Å². The van der Waals surface area contributed by atoms with E-state index < -0.39 is 17.7 Å². The minimum absolute atomic E-state index is 0.0453. The molecule has 1 aliphatic carbocycles. The van der Waals surface area contributed by atoms with E-state index in [9.17, 15) is 23.1 Å². The molecule has 0 aliphatic heterocycles. The predicted octanol–water partition coefficient (Wildman–Crippen LogP) is 6.13. The van der Waals surface area contributed by atoms with Crippen molar-refractivity contribution >= 4 is 17.3 Å². The number of aliphatic carboxylic acids is 1. The maximum atomic E-state index is 12.3. The molecular formula is C23H22F3N3O4. The van der Waals surface area contributed by atoms with Gasteiger partial charge >= 0.3 is 12.3 Å². The van der Waals surface area contributed by atoms with E-state index in [2.05, 4.69) is 20.2 Å². The van der Waals surface area contributed by atoms with E-state index in [1.54, 1.807) is 31.2 Å². The highest BCUT2D eigenvalue weighted by Crippen LogP contribution is 2.42. The van der Waals surface area contributed by atoms with Crippen molar-refractivity contribution in [3.05, 3.63) is 54.4 Å². The largest absolute Gasteiger partial charge is 0.573 e. The van der Waals surface area contributed by atoms with E-state index in [0.717, 1.165) is 11.3 Å². The van der Waals surface area contributed by atoms with Crippen LogP contribution in [0.1, 0.15) is 44.4 Å². The van der Waals surface area contributed by atoms with Crippen LogP contribution in [0.15, 0.2) is 53.1 Å². The minimum atomic E-state index is -4.73. The predicted molar refractivity (Wildman–Crippen MR) is 113 cm³/mol. The van der Waals surface area contributed by atoms with Crippen molar-refractivity contribution in [3.63, 3.8) is 0 Å². The van der Waals surface area contributed by atoms with E-state index >= 15 is 0 Å². The Kier molecular flexibility index (Phi) is 6.01. The maximum absolute atomic E-state index is 12.3. The number of aromatic nitrogens is 2. The number of carboxylic acids is 1. The molecule has 4 rings (SSSR count). The number of carboxylic acid groups (broad SMARTS) is 1. The summed E-state index contributed by atoms with van der Waals surface area (Å²) in [6.45, 7) is 1.77. The molecule has 2 aromatic carbocycles. The van der Waals surface area contributed by atoms with Gasteiger partial charge in [0.25, 0.3) is 0 Å². The van der Waals surface area contributed by atoms with E-state index in [1.165, 1.54) is 24.3 Å². The molecular weight excluding hydrogens is 439 g/mol. The molecule has 0 atom stereocenters. The number of benzene rings is 2. The van der Waals surface area contributed by atoms with Gasteiger partial charge in [0.05, 0.1) is 5.41 Å². The second-order valence-corrected chi connectivity index (χ2v) is 8.37. The maximum Gasteiger partial charge on any atom is 0.573 e. The first-order valence-corrected chi connectivity index (χ1v) is 10.4. The molecule has 0 saturated heterocycles. The first-order valence-electron chi connectivity index (χ1n) is 10.4. The Morgan fingerprint density at radius 3 is 2.21 bits per heavy atom. The van der Waals surface area contributed by atoms with Gasteiger partial charge in [0.2, 0.25) is 11.7 Å². The summed E-state index contributed by atoms with van der Waals surface area (Å²) in [6.07, 6.45) is -2.24. The van der Waals surface area contributed by atoms with Gasteiger partial charge in [0.1, 0.15) is 5.75 Å². The lowest BCUT2D eigenvalue weighted by Crippen LogP contribution is -2.31. The lowest BCUT2D eigenvalue weighted by molar-refractivity contribution is -0.274. The molecule has 0 unspecified atom stereocenters. The van der Waals surface area contributed by atoms with Crippen LogP contribution in [-0.4, -0.2) is 27.6 Å². The van der Waals surface area contributed by atoms with Crippen molar-refractivity contribution in [2.24, 2.45) is 5.41 Å². The molecule has 0 amide bonds. The smallest absolute Gasteiger partial charge is 0.481 e. The quantitative estimate of drug-likeness (QED) is 0.456. The molecule has 0 bridgehead atoms. The molecule has 2 N–H and O–H groups in total. The average Bonchev–Trinajstić information content (AvgIpc) is 3.25. The monoisotopic (exact) mass is 461 g/mol. The summed E-state index contributed by atoms with van der Waals surface area (Å²) >= 11 is 0. The molecule has 33 heavy (non-hydrogen) atoms. The number of carbonyl (C=O) groups is 1. The van der Waals surface area contributed by atoms with E-state index in [-0.39, 0.29) is 11.7 Å². The van der Waals surface area contributed by atoms with Crippen LogP contribution >= 0.6 is 0 Å². The highest BCUT2D eigenvalue weighted by molar-refractivity contribution is 5.74. The summed E-state index contributed by atoms with van der Waals surface area (Å²) in [5.41, 5.74) is 1.38. The summed E-state index contributed by atoms with van der Waals surface area (Å²) in [4.78, 5) is 15.9. The van der Waals surface area contributed by atoms with Crippen LogP contribution in [0, 0.1) is 5.41 Å². The molecule has 0 spiro atoms. The summed E-state index contributed by atoms with van der Waals surface area (Å²) in [5, 5.41) is 16.5. The van der Waals surface area contributed by atoms with Crippen molar-refractivity contribution < 1.29 is 32.3 Å². The number of anilines is 2. The molecule has 1 heterocycles. The van der Waals surface area contributed by atoms with E-state index in [4.69, 9.17) is 4.52 Å². The van der Waals surface area contributed by atoms with Gasteiger partial charge in [-0.1, -0.05) is 5.16 Å². The summed E-state index contributed by atoms with van der Waals surface area (Å²) in [7, 11) is 0. The third-order valence-electron chi connectivity index (χ3n) is 5.92. The second kappa shape index (κ2) is 8.76. The van der Waals surface area contributed by atoms with Crippen molar-refractivity contribution in [1.29, 1.82) is 0 Å². The SMILES string of the molecule is CC1(C(=O)O)CCC(c2nc(-c3ccc(Nc4ccc(OC(F)(F)F)cc4)cc3)no2)CC1. The Labute approximate surface area is 187 Å². The third kappa shape index (κ3) is 5.44. The average molecular weight is 461 g/mol. The van der Waals surface area contributed by atoms with E-state index in [0.29, 0.717) is 43.1 Å². The summed E-state index contributed by atoms with van der Waals surface area (Å²) < 4.78 is 46.1. The summed E-state index contributed by atoms with van der Waals surface area (Å²) in [6, 6.07) is 12.6. The fourth-order valence-corrected chi connectivity index (χ4v) is 3.84. The number of rotatable bonds is 6. The van der Waals surface area contributed by atoms with Gasteiger partial charge in [-0.3, -0.25) is 4.79 Å². The lowest BCUT2D eigenvalue weighted by Gasteiger charge is -2.32. The fraction of sp³-hybridized carbons (Fsp3) is 0.348. The minimum Gasteiger partial charge on any atom is -0.481 e. The molecule has 1 fully saturated rings. The zero-order valence-corrected chi connectivity index (χ0v) is 17.7. The van der Waals surface area contributed by atoms with Gasteiger partial charge in [-0.2, -0.15) is 4.98 Å². The molecule has 174 valence electrons. The van der Waals surface area contributed by atoms with Gasteiger partial charge in [0.15, 0.2) is 0 Å². The number of halogens is 3. The van der Waals surface area contributed by atoms with Gasteiger partial charge in [0, 0.05) is 22.9 Å². The molecule has 0 radical (unpaired) electrons. The molecule has 1 aliphatic rings. The Morgan fingerprint density at radius 1 is 1.09 bits per heavy atom.